The maximum Gasteiger partial charge on any atom is 0.315 e. The molecule has 0 aromatic heterocycles. The molecule has 0 saturated heterocycles. The first-order valence-corrected chi connectivity index (χ1v) is 7.84. The second kappa shape index (κ2) is 8.87. The second-order valence-corrected chi connectivity index (χ2v) is 5.51. The summed E-state index contributed by atoms with van der Waals surface area (Å²) in [5, 5.41) is 0.0790. The largest absolute Gasteiger partial charge is 0.497 e. The van der Waals surface area contributed by atoms with Crippen LogP contribution in [-0.2, 0) is 9.53 Å². The molecule has 2 N–H and O–H groups in total. The van der Waals surface area contributed by atoms with Crippen molar-refractivity contribution < 1.29 is 14.3 Å². The van der Waals surface area contributed by atoms with Crippen LogP contribution in [0.2, 0.25) is 0 Å². The summed E-state index contributed by atoms with van der Waals surface area (Å²) < 4.78 is 10.1. The number of hydrogen-bond donors (Lipinski definition) is 1. The van der Waals surface area contributed by atoms with E-state index < -0.39 is 0 Å². The van der Waals surface area contributed by atoms with E-state index in [0.29, 0.717) is 12.4 Å². The summed E-state index contributed by atoms with van der Waals surface area (Å²) in [5.74, 6) is 0.936. The van der Waals surface area contributed by atoms with Crippen LogP contribution >= 0.6 is 11.8 Å². The van der Waals surface area contributed by atoms with Crippen LogP contribution in [0.25, 0.3) is 0 Å². The molecule has 4 nitrogen and oxygen atoms in total. The number of methoxy groups -OCH3 is 1. The van der Waals surface area contributed by atoms with Crippen molar-refractivity contribution in [1.29, 1.82) is 0 Å². The average Bonchev–Trinajstić information content (AvgIpc) is 2.48. The van der Waals surface area contributed by atoms with Gasteiger partial charge in [-0.05, 0) is 31.0 Å². The molecule has 0 saturated carbocycles. The maximum atomic E-state index is 11.5. The third-order valence-corrected chi connectivity index (χ3v) is 4.37. The summed E-state index contributed by atoms with van der Waals surface area (Å²) in [7, 11) is 1.64. The predicted molar refractivity (Wildman–Crippen MR) is 83.1 cm³/mol. The van der Waals surface area contributed by atoms with Gasteiger partial charge in [0.25, 0.3) is 0 Å². The van der Waals surface area contributed by atoms with Gasteiger partial charge < -0.3 is 15.2 Å². The van der Waals surface area contributed by atoms with Crippen LogP contribution in [-0.4, -0.2) is 31.5 Å². The maximum absolute atomic E-state index is 11.5. The molecule has 1 rings (SSSR count). The number of hydrogen-bond acceptors (Lipinski definition) is 5. The molecule has 0 aliphatic heterocycles. The van der Waals surface area contributed by atoms with Crippen molar-refractivity contribution in [1.82, 2.24) is 0 Å². The molecule has 112 valence electrons. The van der Waals surface area contributed by atoms with Gasteiger partial charge in [-0.1, -0.05) is 19.1 Å². The third-order valence-electron chi connectivity index (χ3n) is 2.99. The summed E-state index contributed by atoms with van der Waals surface area (Å²) in [5.41, 5.74) is 7.28. The molecule has 0 heterocycles. The fraction of sp³-hybridized carbons (Fsp3) is 0.533. The van der Waals surface area contributed by atoms with Crippen molar-refractivity contribution in [2.45, 2.75) is 31.6 Å². The van der Waals surface area contributed by atoms with Gasteiger partial charge in [-0.25, -0.2) is 0 Å². The minimum absolute atomic E-state index is 0.00261. The van der Waals surface area contributed by atoms with E-state index in [9.17, 15) is 4.79 Å². The number of benzene rings is 1. The Bertz CT molecular complexity index is 408. The standard InChI is InChI=1S/C15H23NO3S/c1-4-13(16)15(20-10-14(17)19-5-2)11-6-8-12(18-3)9-7-11/h6-9,13,15H,4-5,10,16H2,1-3H3. The lowest BCUT2D eigenvalue weighted by atomic mass is 10.0. The van der Waals surface area contributed by atoms with Crippen LogP contribution in [0.1, 0.15) is 31.1 Å². The van der Waals surface area contributed by atoms with Crippen LogP contribution in [0.4, 0.5) is 0 Å². The van der Waals surface area contributed by atoms with Gasteiger partial charge in [0.15, 0.2) is 0 Å². The number of rotatable bonds is 8. The number of ether oxygens (including phenoxy) is 2. The highest BCUT2D eigenvalue weighted by Crippen LogP contribution is 2.33. The molecule has 0 amide bonds. The van der Waals surface area contributed by atoms with E-state index in [1.807, 2.05) is 31.2 Å². The molecule has 1 aromatic carbocycles. The van der Waals surface area contributed by atoms with E-state index in [0.717, 1.165) is 17.7 Å². The molecule has 1 aromatic rings. The normalized spacial score (nSPS) is 13.6. The van der Waals surface area contributed by atoms with Crippen molar-refractivity contribution >= 4 is 17.7 Å². The molecule has 0 fully saturated rings. The zero-order valence-electron chi connectivity index (χ0n) is 12.3. The Hall–Kier alpha value is -1.20. The highest BCUT2D eigenvalue weighted by Gasteiger charge is 2.20. The topological polar surface area (TPSA) is 61.5 Å². The Morgan fingerprint density at radius 2 is 1.95 bits per heavy atom. The monoisotopic (exact) mass is 297 g/mol. The lowest BCUT2D eigenvalue weighted by Gasteiger charge is -2.22. The van der Waals surface area contributed by atoms with E-state index in [1.54, 1.807) is 14.0 Å². The summed E-state index contributed by atoms with van der Waals surface area (Å²) >= 11 is 1.53. The molecular formula is C15H23NO3S. The van der Waals surface area contributed by atoms with Gasteiger partial charge in [-0.3, -0.25) is 4.79 Å². The molecule has 0 radical (unpaired) electrons. The Balaban J connectivity index is 2.74. The zero-order valence-corrected chi connectivity index (χ0v) is 13.1. The van der Waals surface area contributed by atoms with Crippen LogP contribution in [0.15, 0.2) is 24.3 Å². The summed E-state index contributed by atoms with van der Waals surface area (Å²) in [4.78, 5) is 11.5. The predicted octanol–water partition coefficient (Wildman–Crippen LogP) is 2.77. The van der Waals surface area contributed by atoms with Crippen molar-refractivity contribution in [3.05, 3.63) is 29.8 Å². The first-order chi connectivity index (χ1) is 9.62. The molecular weight excluding hydrogens is 274 g/mol. The molecule has 0 aliphatic carbocycles. The summed E-state index contributed by atoms with van der Waals surface area (Å²) in [6, 6.07) is 7.82. The number of carbonyl (C=O) groups excluding carboxylic acids is 1. The highest BCUT2D eigenvalue weighted by atomic mass is 32.2. The first-order valence-electron chi connectivity index (χ1n) is 6.79. The fourth-order valence-electron chi connectivity index (χ4n) is 1.84. The minimum atomic E-state index is -0.195. The number of carbonyl (C=O) groups is 1. The van der Waals surface area contributed by atoms with Crippen molar-refractivity contribution in [2.75, 3.05) is 19.5 Å². The molecule has 5 heteroatoms. The van der Waals surface area contributed by atoms with Gasteiger partial charge >= 0.3 is 5.97 Å². The van der Waals surface area contributed by atoms with E-state index in [4.69, 9.17) is 15.2 Å². The van der Waals surface area contributed by atoms with Gasteiger partial charge in [0.1, 0.15) is 5.75 Å². The number of esters is 1. The van der Waals surface area contributed by atoms with Crippen LogP contribution in [0, 0.1) is 0 Å². The quantitative estimate of drug-likeness (QED) is 0.748. The summed E-state index contributed by atoms with van der Waals surface area (Å²) in [6.07, 6.45) is 0.854. The van der Waals surface area contributed by atoms with E-state index in [2.05, 4.69) is 0 Å². The molecule has 2 unspecified atom stereocenters. The Labute approximate surface area is 125 Å². The lowest BCUT2D eigenvalue weighted by Crippen LogP contribution is -2.26. The van der Waals surface area contributed by atoms with Gasteiger partial charge in [0.05, 0.1) is 19.5 Å². The van der Waals surface area contributed by atoms with E-state index in [1.165, 1.54) is 11.8 Å². The lowest BCUT2D eigenvalue weighted by molar-refractivity contribution is -0.139. The molecule has 20 heavy (non-hydrogen) atoms. The zero-order chi connectivity index (χ0) is 15.0. The average molecular weight is 297 g/mol. The SMILES string of the molecule is CCOC(=O)CSC(c1ccc(OC)cc1)C(N)CC. The van der Waals surface area contributed by atoms with Gasteiger partial charge in [-0.2, -0.15) is 0 Å². The van der Waals surface area contributed by atoms with Crippen LogP contribution < -0.4 is 10.5 Å². The van der Waals surface area contributed by atoms with Gasteiger partial charge in [0, 0.05) is 11.3 Å². The third kappa shape index (κ3) is 5.06. The van der Waals surface area contributed by atoms with E-state index >= 15 is 0 Å². The smallest absolute Gasteiger partial charge is 0.315 e. The molecule has 0 spiro atoms. The molecule has 2 atom stereocenters. The minimum Gasteiger partial charge on any atom is -0.497 e. The second-order valence-electron chi connectivity index (χ2n) is 4.38. The van der Waals surface area contributed by atoms with Crippen molar-refractivity contribution in [2.24, 2.45) is 5.73 Å². The Morgan fingerprint density at radius 1 is 1.30 bits per heavy atom. The highest BCUT2D eigenvalue weighted by molar-refractivity contribution is 8.00. The first kappa shape index (κ1) is 16.9. The van der Waals surface area contributed by atoms with Gasteiger partial charge in [0.2, 0.25) is 0 Å². The summed E-state index contributed by atoms with van der Waals surface area (Å²) in [6.45, 7) is 4.26. The molecule has 0 bridgehead atoms. The van der Waals surface area contributed by atoms with Crippen molar-refractivity contribution in [3.63, 3.8) is 0 Å². The van der Waals surface area contributed by atoms with Crippen molar-refractivity contribution in [3.8, 4) is 5.75 Å². The fourth-order valence-corrected chi connectivity index (χ4v) is 3.02. The van der Waals surface area contributed by atoms with Crippen LogP contribution in [0.5, 0.6) is 5.75 Å². The number of thioether (sulfide) groups is 1. The molecule has 0 aliphatic rings. The Morgan fingerprint density at radius 3 is 2.45 bits per heavy atom. The Kier molecular flexibility index (Phi) is 7.47. The van der Waals surface area contributed by atoms with Gasteiger partial charge in [-0.15, -0.1) is 11.8 Å². The van der Waals surface area contributed by atoms with Crippen LogP contribution in [0.3, 0.4) is 0 Å². The number of nitrogens with two attached hydrogens (primary N) is 1. The van der Waals surface area contributed by atoms with E-state index in [-0.39, 0.29) is 17.3 Å².